The number of nitrogens with zero attached hydrogens (tertiary/aromatic N) is 2. The molecule has 0 aliphatic heterocycles. The molecule has 1 atom stereocenters. The van der Waals surface area contributed by atoms with E-state index < -0.39 is 32.6 Å². The predicted octanol–water partition coefficient (Wildman–Crippen LogP) is 2.92. The average Bonchev–Trinajstić information content (AvgIpc) is 2.57. The van der Waals surface area contributed by atoms with E-state index in [0.717, 1.165) is 25.1 Å². The van der Waals surface area contributed by atoms with E-state index in [1.807, 2.05) is 0 Å². The number of hydrogen-bond acceptors (Lipinski definition) is 5. The van der Waals surface area contributed by atoms with Gasteiger partial charge < -0.3 is 5.11 Å². The fourth-order valence-corrected chi connectivity index (χ4v) is 4.04. The van der Waals surface area contributed by atoms with E-state index >= 15 is 0 Å². The van der Waals surface area contributed by atoms with Gasteiger partial charge in [0.1, 0.15) is 6.04 Å². The van der Waals surface area contributed by atoms with Gasteiger partial charge in [0.05, 0.1) is 20.5 Å². The average molecular weight is 385 g/mol. The molecule has 0 aromatic heterocycles. The SMILES string of the molecule is CC(C(=O)O)N(c1cc([N+](=O)[O-])ccc1Cl)S(=O)(=O)c1ccccc1. The molecule has 0 bridgehead atoms. The normalized spacial score (nSPS) is 12.4. The van der Waals surface area contributed by atoms with Crippen LogP contribution in [0.25, 0.3) is 0 Å². The highest BCUT2D eigenvalue weighted by Crippen LogP contribution is 2.35. The second kappa shape index (κ2) is 7.08. The third-order valence-electron chi connectivity index (χ3n) is 3.39. The summed E-state index contributed by atoms with van der Waals surface area (Å²) in [6, 6.07) is 8.79. The second-order valence-electron chi connectivity index (χ2n) is 5.02. The van der Waals surface area contributed by atoms with Crippen molar-refractivity contribution < 1.29 is 23.2 Å². The number of anilines is 1. The Bertz CT molecular complexity index is 917. The third-order valence-corrected chi connectivity index (χ3v) is 5.61. The number of aliphatic carboxylic acids is 1. The van der Waals surface area contributed by atoms with Crippen LogP contribution in [0.1, 0.15) is 6.92 Å². The number of rotatable bonds is 6. The topological polar surface area (TPSA) is 118 Å². The fourth-order valence-electron chi connectivity index (χ4n) is 2.14. The van der Waals surface area contributed by atoms with E-state index in [-0.39, 0.29) is 15.6 Å². The van der Waals surface area contributed by atoms with Crippen LogP contribution in [-0.4, -0.2) is 30.5 Å². The van der Waals surface area contributed by atoms with Crippen LogP contribution in [0.4, 0.5) is 11.4 Å². The number of carboxylic acid groups (broad SMARTS) is 1. The molecule has 0 saturated carbocycles. The van der Waals surface area contributed by atoms with Crippen LogP contribution in [0, 0.1) is 10.1 Å². The lowest BCUT2D eigenvalue weighted by molar-refractivity contribution is -0.384. The van der Waals surface area contributed by atoms with Crippen molar-refractivity contribution in [2.75, 3.05) is 4.31 Å². The zero-order chi connectivity index (χ0) is 18.8. The van der Waals surface area contributed by atoms with Crippen LogP contribution < -0.4 is 4.31 Å². The van der Waals surface area contributed by atoms with Gasteiger partial charge in [-0.3, -0.25) is 14.4 Å². The summed E-state index contributed by atoms with van der Waals surface area (Å²) in [4.78, 5) is 21.5. The zero-order valence-electron chi connectivity index (χ0n) is 12.9. The monoisotopic (exact) mass is 384 g/mol. The molecule has 0 aliphatic carbocycles. The van der Waals surface area contributed by atoms with Crippen molar-refractivity contribution in [1.82, 2.24) is 0 Å². The minimum absolute atomic E-state index is 0.127. The van der Waals surface area contributed by atoms with Crippen LogP contribution in [0.15, 0.2) is 53.4 Å². The Morgan fingerprint density at radius 3 is 2.36 bits per heavy atom. The maximum atomic E-state index is 12.9. The molecule has 25 heavy (non-hydrogen) atoms. The van der Waals surface area contributed by atoms with Gasteiger partial charge in [-0.1, -0.05) is 29.8 Å². The summed E-state index contributed by atoms with van der Waals surface area (Å²) in [5, 5.41) is 20.2. The molecule has 0 heterocycles. The van der Waals surface area contributed by atoms with Gasteiger partial charge in [0.25, 0.3) is 15.7 Å². The van der Waals surface area contributed by atoms with E-state index in [1.54, 1.807) is 6.07 Å². The van der Waals surface area contributed by atoms with E-state index in [9.17, 15) is 28.4 Å². The standard InChI is InChI=1S/C15H13ClN2O6S/c1-10(15(19)20)17(25(23,24)12-5-3-2-4-6-12)14-9-11(18(21)22)7-8-13(14)16/h2-10H,1H3,(H,19,20). The first kappa shape index (κ1) is 18.7. The number of halogens is 1. The smallest absolute Gasteiger partial charge is 0.327 e. The molecule has 132 valence electrons. The molecule has 1 N–H and O–H groups in total. The molecule has 0 fully saturated rings. The van der Waals surface area contributed by atoms with Gasteiger partial charge in [-0.05, 0) is 25.1 Å². The van der Waals surface area contributed by atoms with Crippen molar-refractivity contribution in [1.29, 1.82) is 0 Å². The van der Waals surface area contributed by atoms with Crippen LogP contribution >= 0.6 is 11.6 Å². The lowest BCUT2D eigenvalue weighted by atomic mass is 10.2. The minimum atomic E-state index is -4.32. The van der Waals surface area contributed by atoms with Crippen LogP contribution in [0.5, 0.6) is 0 Å². The fraction of sp³-hybridized carbons (Fsp3) is 0.133. The molecule has 8 nitrogen and oxygen atoms in total. The number of benzene rings is 2. The number of nitro benzene ring substituents is 1. The molecular weight excluding hydrogens is 372 g/mol. The first-order valence-corrected chi connectivity index (χ1v) is 8.74. The minimum Gasteiger partial charge on any atom is -0.480 e. The molecule has 1 unspecified atom stereocenters. The highest BCUT2D eigenvalue weighted by atomic mass is 35.5. The number of hydrogen-bond donors (Lipinski definition) is 1. The maximum absolute atomic E-state index is 12.9. The lowest BCUT2D eigenvalue weighted by Crippen LogP contribution is -2.43. The van der Waals surface area contributed by atoms with E-state index in [4.69, 9.17) is 11.6 Å². The molecule has 2 rings (SSSR count). The Balaban J connectivity index is 2.73. The van der Waals surface area contributed by atoms with Crippen molar-refractivity contribution in [3.05, 3.63) is 63.7 Å². The van der Waals surface area contributed by atoms with Gasteiger partial charge in [-0.2, -0.15) is 0 Å². The van der Waals surface area contributed by atoms with Gasteiger partial charge in [0.15, 0.2) is 0 Å². The van der Waals surface area contributed by atoms with E-state index in [0.29, 0.717) is 4.31 Å². The Morgan fingerprint density at radius 2 is 1.84 bits per heavy atom. The molecule has 2 aromatic rings. The number of carboxylic acids is 1. The van der Waals surface area contributed by atoms with Gasteiger partial charge in [0, 0.05) is 12.1 Å². The molecule has 0 saturated heterocycles. The summed E-state index contributed by atoms with van der Waals surface area (Å²) in [5.74, 6) is -1.43. The van der Waals surface area contributed by atoms with Crippen molar-refractivity contribution in [3.63, 3.8) is 0 Å². The summed E-state index contributed by atoms with van der Waals surface area (Å²) in [7, 11) is -4.32. The molecule has 0 aliphatic rings. The number of sulfonamides is 1. The van der Waals surface area contributed by atoms with Crippen LogP contribution in [0.3, 0.4) is 0 Å². The van der Waals surface area contributed by atoms with Gasteiger partial charge in [-0.25, -0.2) is 13.2 Å². The number of carbonyl (C=O) groups is 1. The van der Waals surface area contributed by atoms with Gasteiger partial charge in [0.2, 0.25) is 0 Å². The second-order valence-corrected chi connectivity index (χ2v) is 7.24. The first-order valence-electron chi connectivity index (χ1n) is 6.92. The van der Waals surface area contributed by atoms with Gasteiger partial charge >= 0.3 is 5.97 Å². The largest absolute Gasteiger partial charge is 0.480 e. The van der Waals surface area contributed by atoms with Crippen molar-refractivity contribution >= 4 is 39.0 Å². The Hall–Kier alpha value is -2.65. The molecular formula is C15H13ClN2O6S. The quantitative estimate of drug-likeness (QED) is 0.604. The molecule has 2 aromatic carbocycles. The summed E-state index contributed by atoms with van der Waals surface area (Å²) < 4.78 is 26.5. The van der Waals surface area contributed by atoms with Crippen molar-refractivity contribution in [3.8, 4) is 0 Å². The highest BCUT2D eigenvalue weighted by molar-refractivity contribution is 7.93. The first-order chi connectivity index (χ1) is 11.7. The number of non-ortho nitro benzene ring substituents is 1. The highest BCUT2D eigenvalue weighted by Gasteiger charge is 2.35. The Kier molecular flexibility index (Phi) is 5.29. The summed E-state index contributed by atoms with van der Waals surface area (Å²) in [5.41, 5.74) is -0.695. The molecule has 10 heteroatoms. The summed E-state index contributed by atoms with van der Waals surface area (Å²) in [6.07, 6.45) is 0. The number of nitro groups is 1. The van der Waals surface area contributed by atoms with Crippen molar-refractivity contribution in [2.24, 2.45) is 0 Å². The lowest BCUT2D eigenvalue weighted by Gasteiger charge is -2.28. The maximum Gasteiger partial charge on any atom is 0.327 e. The van der Waals surface area contributed by atoms with Crippen molar-refractivity contribution in [2.45, 2.75) is 17.9 Å². The Morgan fingerprint density at radius 1 is 1.24 bits per heavy atom. The molecule has 0 amide bonds. The predicted molar refractivity (Wildman–Crippen MR) is 91.3 cm³/mol. The summed E-state index contributed by atoms with van der Waals surface area (Å²) in [6.45, 7) is 1.15. The van der Waals surface area contributed by atoms with Gasteiger partial charge in [-0.15, -0.1) is 0 Å². The molecule has 0 spiro atoms. The van der Waals surface area contributed by atoms with Crippen LogP contribution in [-0.2, 0) is 14.8 Å². The zero-order valence-corrected chi connectivity index (χ0v) is 14.4. The van der Waals surface area contributed by atoms with E-state index in [1.165, 1.54) is 24.3 Å². The van der Waals surface area contributed by atoms with E-state index in [2.05, 4.69) is 0 Å². The third kappa shape index (κ3) is 3.72. The molecule has 0 radical (unpaired) electrons. The van der Waals surface area contributed by atoms with Crippen LogP contribution in [0.2, 0.25) is 5.02 Å². The Labute approximate surface area is 148 Å². The summed E-state index contributed by atoms with van der Waals surface area (Å²) >= 11 is 6.02.